The molecule has 27 heavy (non-hydrogen) atoms. The first-order chi connectivity index (χ1) is 13.1. The second kappa shape index (κ2) is 9.59. The van der Waals surface area contributed by atoms with E-state index in [2.05, 4.69) is 27.8 Å². The van der Waals surface area contributed by atoms with Crippen molar-refractivity contribution in [3.05, 3.63) is 54.1 Å². The van der Waals surface area contributed by atoms with Crippen molar-refractivity contribution >= 4 is 27.7 Å². The zero-order valence-electron chi connectivity index (χ0n) is 15.9. The van der Waals surface area contributed by atoms with E-state index >= 15 is 0 Å². The van der Waals surface area contributed by atoms with Crippen LogP contribution in [-0.2, 0) is 28.5 Å². The van der Waals surface area contributed by atoms with Crippen molar-refractivity contribution in [2.24, 2.45) is 0 Å². The number of nitrogens with one attached hydrogen (secondary N) is 1. The molecule has 1 fully saturated rings. The largest absolute Gasteiger partial charge is 0.371 e. The Morgan fingerprint density at radius 2 is 1.56 bits per heavy atom. The quantitative estimate of drug-likeness (QED) is 0.770. The maximum atomic E-state index is 12.6. The number of para-hydroxylation sites is 1. The van der Waals surface area contributed by atoms with Gasteiger partial charge in [-0.1, -0.05) is 18.2 Å². The molecular weight excluding hydrogens is 378 g/mol. The van der Waals surface area contributed by atoms with Crippen LogP contribution in [0.5, 0.6) is 0 Å². The van der Waals surface area contributed by atoms with E-state index in [1.54, 1.807) is 42.7 Å². The van der Waals surface area contributed by atoms with Gasteiger partial charge in [0.2, 0.25) is 0 Å². The lowest BCUT2D eigenvalue weighted by atomic mass is 10.1. The third-order valence-electron chi connectivity index (χ3n) is 4.65. The van der Waals surface area contributed by atoms with Crippen molar-refractivity contribution in [1.29, 1.82) is 0 Å². The Bertz CT molecular complexity index is 803. The molecule has 1 aliphatic heterocycles. The summed E-state index contributed by atoms with van der Waals surface area (Å²) in [5.74, 6) is 0. The van der Waals surface area contributed by atoms with Crippen LogP contribution in [0.1, 0.15) is 24.8 Å². The Labute approximate surface area is 166 Å². The van der Waals surface area contributed by atoms with Crippen LogP contribution >= 0.6 is 0 Å². The highest BCUT2D eigenvalue weighted by molar-refractivity contribution is 7.83. The van der Waals surface area contributed by atoms with E-state index in [4.69, 9.17) is 0 Å². The summed E-state index contributed by atoms with van der Waals surface area (Å²) in [5, 5.41) is 0. The minimum absolute atomic E-state index is 0.546. The van der Waals surface area contributed by atoms with Crippen LogP contribution in [-0.4, -0.2) is 39.9 Å². The molecule has 0 bridgehead atoms. The molecule has 0 saturated carbocycles. The van der Waals surface area contributed by atoms with Crippen molar-refractivity contribution in [3.63, 3.8) is 0 Å². The fourth-order valence-corrected chi connectivity index (χ4v) is 4.85. The van der Waals surface area contributed by atoms with Gasteiger partial charge in [-0.25, -0.2) is 17.4 Å². The van der Waals surface area contributed by atoms with Crippen LogP contribution in [0.25, 0.3) is 0 Å². The van der Waals surface area contributed by atoms with Crippen LogP contribution in [0, 0.1) is 0 Å². The van der Waals surface area contributed by atoms with Gasteiger partial charge < -0.3 is 4.90 Å². The lowest BCUT2D eigenvalue weighted by molar-refractivity contribution is 0.576. The van der Waals surface area contributed by atoms with Crippen molar-refractivity contribution in [1.82, 2.24) is 9.03 Å². The zero-order chi connectivity index (χ0) is 19.2. The summed E-state index contributed by atoms with van der Waals surface area (Å²) >= 11 is 0. The first-order valence-corrected chi connectivity index (χ1v) is 11.5. The predicted molar refractivity (Wildman–Crippen MR) is 112 cm³/mol. The number of hydrogen-bond donors (Lipinski definition) is 1. The van der Waals surface area contributed by atoms with Crippen LogP contribution in [0.4, 0.5) is 5.69 Å². The molecule has 1 heterocycles. The summed E-state index contributed by atoms with van der Waals surface area (Å²) in [6, 6.07) is 15.4. The number of benzene rings is 2. The Hall–Kier alpha value is -1.54. The van der Waals surface area contributed by atoms with Gasteiger partial charge in [0.25, 0.3) is 0 Å². The fraction of sp³-hybridized carbons (Fsp3) is 0.400. The van der Waals surface area contributed by atoms with Crippen LogP contribution in [0.3, 0.4) is 0 Å². The summed E-state index contributed by atoms with van der Waals surface area (Å²) in [6.07, 6.45) is 3.76. The highest BCUT2D eigenvalue weighted by Gasteiger charge is 2.15. The first kappa shape index (κ1) is 20.2. The minimum atomic E-state index is -1.31. The summed E-state index contributed by atoms with van der Waals surface area (Å²) in [6.45, 7) is 2.72. The Morgan fingerprint density at radius 3 is 2.22 bits per heavy atom. The van der Waals surface area contributed by atoms with E-state index in [9.17, 15) is 8.42 Å². The van der Waals surface area contributed by atoms with Crippen LogP contribution in [0.2, 0.25) is 0 Å². The second-order valence-electron chi connectivity index (χ2n) is 6.80. The molecule has 0 radical (unpaired) electrons. The fourth-order valence-electron chi connectivity index (χ4n) is 3.22. The monoisotopic (exact) mass is 405 g/mol. The molecule has 0 aromatic heterocycles. The molecule has 2 aromatic rings. The highest BCUT2D eigenvalue weighted by Crippen LogP contribution is 2.24. The van der Waals surface area contributed by atoms with E-state index in [0.717, 1.165) is 18.7 Å². The third-order valence-corrected chi connectivity index (χ3v) is 7.10. The topological polar surface area (TPSA) is 52.7 Å². The summed E-state index contributed by atoms with van der Waals surface area (Å²) in [4.78, 5) is 3.82. The second-order valence-corrected chi connectivity index (χ2v) is 9.80. The molecule has 1 N–H and O–H groups in total. The van der Waals surface area contributed by atoms with Crippen LogP contribution < -0.4 is 9.62 Å². The molecule has 2 atom stereocenters. The van der Waals surface area contributed by atoms with E-state index in [0.29, 0.717) is 16.3 Å². The Kier molecular flexibility index (Phi) is 7.18. The lowest BCUT2D eigenvalue weighted by Gasteiger charge is -2.30. The van der Waals surface area contributed by atoms with Gasteiger partial charge >= 0.3 is 0 Å². The molecule has 7 heteroatoms. The van der Waals surface area contributed by atoms with Gasteiger partial charge in [0.15, 0.2) is 0 Å². The molecule has 0 spiro atoms. The summed E-state index contributed by atoms with van der Waals surface area (Å²) < 4.78 is 29.5. The SMILES string of the molecule is CN(C)S(=O)c1ccc(S(=O)NCc2ccccc2N2CCCCC2)cc1. The smallest absolute Gasteiger partial charge is 0.127 e. The molecule has 2 unspecified atom stereocenters. The van der Waals surface area contributed by atoms with Crippen molar-refractivity contribution < 1.29 is 8.42 Å². The zero-order valence-corrected chi connectivity index (χ0v) is 17.5. The molecule has 1 saturated heterocycles. The maximum Gasteiger partial charge on any atom is 0.127 e. The normalized spacial score (nSPS) is 17.1. The number of piperidine rings is 1. The predicted octanol–water partition coefficient (Wildman–Crippen LogP) is 3.07. The maximum absolute atomic E-state index is 12.6. The van der Waals surface area contributed by atoms with Gasteiger partial charge in [-0.15, -0.1) is 0 Å². The van der Waals surface area contributed by atoms with E-state index < -0.39 is 22.0 Å². The number of hydrogen-bond acceptors (Lipinski definition) is 3. The summed E-state index contributed by atoms with van der Waals surface area (Å²) in [7, 11) is 1.04. The average molecular weight is 406 g/mol. The molecule has 1 aliphatic rings. The van der Waals surface area contributed by atoms with Gasteiger partial charge in [0.1, 0.15) is 22.0 Å². The lowest BCUT2D eigenvalue weighted by Crippen LogP contribution is -2.31. The van der Waals surface area contributed by atoms with Gasteiger partial charge in [-0.05, 0) is 69.3 Å². The molecular formula is C20H27N3O2S2. The molecule has 0 amide bonds. The standard InChI is InChI=1S/C20H27N3O2S2/c1-22(2)27(25)19-12-10-18(11-13-19)26(24)21-16-17-8-4-5-9-20(17)23-14-6-3-7-15-23/h4-5,8-13,21H,3,6-7,14-16H2,1-2H3. The number of nitrogens with zero attached hydrogens (tertiary/aromatic N) is 2. The van der Waals surface area contributed by atoms with Crippen molar-refractivity contribution in [2.75, 3.05) is 32.1 Å². The Balaban J connectivity index is 1.65. The molecule has 3 rings (SSSR count). The average Bonchev–Trinajstić information content (AvgIpc) is 2.72. The molecule has 2 aromatic carbocycles. The van der Waals surface area contributed by atoms with Crippen LogP contribution in [0.15, 0.2) is 58.3 Å². The van der Waals surface area contributed by atoms with E-state index in [-0.39, 0.29) is 0 Å². The Morgan fingerprint density at radius 1 is 0.926 bits per heavy atom. The first-order valence-electron chi connectivity index (χ1n) is 9.23. The van der Waals surface area contributed by atoms with Gasteiger partial charge in [0.05, 0.1) is 9.79 Å². The van der Waals surface area contributed by atoms with Gasteiger partial charge in [-0.3, -0.25) is 0 Å². The third kappa shape index (κ3) is 5.25. The minimum Gasteiger partial charge on any atom is -0.371 e. The highest BCUT2D eigenvalue weighted by atomic mass is 32.2. The molecule has 146 valence electrons. The van der Waals surface area contributed by atoms with Gasteiger partial charge in [-0.2, -0.15) is 0 Å². The number of rotatable bonds is 7. The van der Waals surface area contributed by atoms with Gasteiger partial charge in [0, 0.05) is 25.3 Å². The molecule has 5 nitrogen and oxygen atoms in total. The van der Waals surface area contributed by atoms with E-state index in [1.165, 1.54) is 24.9 Å². The number of anilines is 1. The molecule has 0 aliphatic carbocycles. The van der Waals surface area contributed by atoms with Crippen molar-refractivity contribution in [3.8, 4) is 0 Å². The van der Waals surface area contributed by atoms with E-state index in [1.807, 2.05) is 6.07 Å². The summed E-state index contributed by atoms with van der Waals surface area (Å²) in [5.41, 5.74) is 2.40. The van der Waals surface area contributed by atoms with Crippen molar-refractivity contribution in [2.45, 2.75) is 35.6 Å².